The molecule has 0 saturated heterocycles. The molecule has 6 heteroatoms. The molecule has 0 fully saturated rings. The standard InChI is InChI=1S/C21H18N4O2/c1-25-13-17(16-8-3-4-9-19(16)25)18-10-11-22-21(24-18)23-15-7-5-6-14(12-15)20(26)27-2/h3-13H,1-2H3,(H,22,23,24). The normalized spacial score (nSPS) is 10.7. The van der Waals surface area contributed by atoms with E-state index in [9.17, 15) is 4.79 Å². The Morgan fingerprint density at radius 2 is 1.96 bits per heavy atom. The molecule has 0 amide bonds. The molecule has 2 aromatic heterocycles. The van der Waals surface area contributed by atoms with Crippen molar-refractivity contribution in [1.82, 2.24) is 14.5 Å². The number of aromatic nitrogens is 3. The van der Waals surface area contributed by atoms with E-state index in [1.807, 2.05) is 31.3 Å². The summed E-state index contributed by atoms with van der Waals surface area (Å²) in [6.45, 7) is 0. The summed E-state index contributed by atoms with van der Waals surface area (Å²) >= 11 is 0. The summed E-state index contributed by atoms with van der Waals surface area (Å²) in [5, 5.41) is 4.29. The van der Waals surface area contributed by atoms with Crippen LogP contribution in [0, 0.1) is 0 Å². The number of aryl methyl sites for hydroxylation is 1. The van der Waals surface area contributed by atoms with E-state index in [2.05, 4.69) is 38.2 Å². The van der Waals surface area contributed by atoms with Gasteiger partial charge >= 0.3 is 5.97 Å². The van der Waals surface area contributed by atoms with E-state index in [0.717, 1.165) is 22.2 Å². The van der Waals surface area contributed by atoms with Crippen LogP contribution in [0.1, 0.15) is 10.4 Å². The van der Waals surface area contributed by atoms with Crippen molar-refractivity contribution < 1.29 is 9.53 Å². The fourth-order valence-corrected chi connectivity index (χ4v) is 3.09. The lowest BCUT2D eigenvalue weighted by Gasteiger charge is -2.07. The summed E-state index contributed by atoms with van der Waals surface area (Å²) in [6, 6.07) is 17.1. The van der Waals surface area contributed by atoms with Gasteiger partial charge in [0.15, 0.2) is 0 Å². The second kappa shape index (κ2) is 6.92. The molecule has 0 aliphatic carbocycles. The highest BCUT2D eigenvalue weighted by molar-refractivity contribution is 5.95. The second-order valence-corrected chi connectivity index (χ2v) is 6.13. The number of carbonyl (C=O) groups excluding carboxylic acids is 1. The molecule has 0 saturated carbocycles. The molecule has 4 aromatic rings. The smallest absolute Gasteiger partial charge is 0.337 e. The van der Waals surface area contributed by atoms with Gasteiger partial charge in [0, 0.05) is 41.6 Å². The van der Waals surface area contributed by atoms with Gasteiger partial charge < -0.3 is 14.6 Å². The summed E-state index contributed by atoms with van der Waals surface area (Å²) in [6.07, 6.45) is 3.78. The zero-order chi connectivity index (χ0) is 18.8. The molecular weight excluding hydrogens is 340 g/mol. The van der Waals surface area contributed by atoms with Crippen LogP contribution in [0.4, 0.5) is 11.6 Å². The van der Waals surface area contributed by atoms with Crippen molar-refractivity contribution in [2.45, 2.75) is 0 Å². The zero-order valence-electron chi connectivity index (χ0n) is 15.0. The van der Waals surface area contributed by atoms with Gasteiger partial charge in [0.25, 0.3) is 0 Å². The molecule has 4 rings (SSSR count). The number of anilines is 2. The Bertz CT molecular complexity index is 1130. The third-order valence-electron chi connectivity index (χ3n) is 4.37. The summed E-state index contributed by atoms with van der Waals surface area (Å²) in [4.78, 5) is 20.6. The molecule has 0 unspecified atom stereocenters. The largest absolute Gasteiger partial charge is 0.465 e. The Morgan fingerprint density at radius 3 is 2.81 bits per heavy atom. The van der Waals surface area contributed by atoms with Gasteiger partial charge in [-0.3, -0.25) is 0 Å². The van der Waals surface area contributed by atoms with Crippen LogP contribution in [0.25, 0.3) is 22.2 Å². The van der Waals surface area contributed by atoms with Crippen LogP contribution in [-0.4, -0.2) is 27.6 Å². The van der Waals surface area contributed by atoms with Gasteiger partial charge in [-0.2, -0.15) is 0 Å². The number of carbonyl (C=O) groups is 1. The van der Waals surface area contributed by atoms with Crippen LogP contribution in [0.5, 0.6) is 0 Å². The summed E-state index contributed by atoms with van der Waals surface area (Å²) in [5.74, 6) is 0.0755. The van der Waals surface area contributed by atoms with E-state index in [4.69, 9.17) is 4.74 Å². The van der Waals surface area contributed by atoms with E-state index >= 15 is 0 Å². The van der Waals surface area contributed by atoms with E-state index in [1.54, 1.807) is 24.4 Å². The maximum atomic E-state index is 11.7. The Morgan fingerprint density at radius 1 is 1.11 bits per heavy atom. The minimum Gasteiger partial charge on any atom is -0.465 e. The molecule has 0 aliphatic rings. The molecule has 6 nitrogen and oxygen atoms in total. The fourth-order valence-electron chi connectivity index (χ4n) is 3.09. The molecule has 0 bridgehead atoms. The monoisotopic (exact) mass is 358 g/mol. The van der Waals surface area contributed by atoms with E-state index in [0.29, 0.717) is 17.2 Å². The van der Waals surface area contributed by atoms with Crippen LogP contribution >= 0.6 is 0 Å². The quantitative estimate of drug-likeness (QED) is 0.555. The maximum Gasteiger partial charge on any atom is 0.337 e. The molecule has 0 spiro atoms. The van der Waals surface area contributed by atoms with Crippen molar-refractivity contribution in [2.75, 3.05) is 12.4 Å². The van der Waals surface area contributed by atoms with Crippen LogP contribution in [0.3, 0.4) is 0 Å². The molecule has 0 aliphatic heterocycles. The molecule has 0 radical (unpaired) electrons. The van der Waals surface area contributed by atoms with Crippen molar-refractivity contribution in [3.8, 4) is 11.3 Å². The minimum absolute atomic E-state index is 0.385. The van der Waals surface area contributed by atoms with Gasteiger partial charge in [-0.25, -0.2) is 14.8 Å². The second-order valence-electron chi connectivity index (χ2n) is 6.13. The SMILES string of the molecule is COC(=O)c1cccc(Nc2nccc(-c3cn(C)c4ccccc34)n2)c1. The van der Waals surface area contributed by atoms with Gasteiger partial charge in [-0.15, -0.1) is 0 Å². The van der Waals surface area contributed by atoms with Gasteiger partial charge in [-0.05, 0) is 30.3 Å². The number of esters is 1. The number of benzene rings is 2. The van der Waals surface area contributed by atoms with Crippen LogP contribution < -0.4 is 5.32 Å². The van der Waals surface area contributed by atoms with Crippen LogP contribution in [-0.2, 0) is 11.8 Å². The van der Waals surface area contributed by atoms with Gasteiger partial charge in [0.1, 0.15) is 0 Å². The number of hydrogen-bond donors (Lipinski definition) is 1. The van der Waals surface area contributed by atoms with Crippen molar-refractivity contribution in [2.24, 2.45) is 7.05 Å². The lowest BCUT2D eigenvalue weighted by Crippen LogP contribution is -2.03. The third kappa shape index (κ3) is 3.25. The average molecular weight is 358 g/mol. The van der Waals surface area contributed by atoms with E-state index < -0.39 is 0 Å². The number of fused-ring (bicyclic) bond motifs is 1. The Balaban J connectivity index is 1.68. The molecule has 1 N–H and O–H groups in total. The first-order valence-electron chi connectivity index (χ1n) is 8.48. The van der Waals surface area contributed by atoms with Gasteiger partial charge in [0.2, 0.25) is 5.95 Å². The summed E-state index contributed by atoms with van der Waals surface area (Å²) < 4.78 is 6.84. The maximum absolute atomic E-state index is 11.7. The predicted octanol–water partition coefficient (Wildman–Crippen LogP) is 4.17. The number of nitrogens with one attached hydrogen (secondary N) is 1. The highest BCUT2D eigenvalue weighted by atomic mass is 16.5. The zero-order valence-corrected chi connectivity index (χ0v) is 15.0. The number of para-hydroxylation sites is 1. The van der Waals surface area contributed by atoms with Crippen LogP contribution in [0.2, 0.25) is 0 Å². The number of methoxy groups -OCH3 is 1. The molecular formula is C21H18N4O2. The number of hydrogen-bond acceptors (Lipinski definition) is 5. The lowest BCUT2D eigenvalue weighted by atomic mass is 10.1. The Kier molecular flexibility index (Phi) is 4.30. The molecule has 0 atom stereocenters. The topological polar surface area (TPSA) is 69.0 Å². The van der Waals surface area contributed by atoms with Gasteiger partial charge in [-0.1, -0.05) is 24.3 Å². The van der Waals surface area contributed by atoms with Crippen molar-refractivity contribution >= 4 is 28.5 Å². The molecule has 2 aromatic carbocycles. The molecule has 27 heavy (non-hydrogen) atoms. The first-order chi connectivity index (χ1) is 13.2. The van der Waals surface area contributed by atoms with Crippen LogP contribution in [0.15, 0.2) is 67.0 Å². The predicted molar refractivity (Wildman–Crippen MR) is 105 cm³/mol. The Hall–Kier alpha value is -3.67. The highest BCUT2D eigenvalue weighted by Crippen LogP contribution is 2.29. The van der Waals surface area contributed by atoms with E-state index in [-0.39, 0.29) is 5.97 Å². The minimum atomic E-state index is -0.385. The molecule has 2 heterocycles. The first kappa shape index (κ1) is 16.8. The van der Waals surface area contributed by atoms with Crippen molar-refractivity contribution in [3.05, 3.63) is 72.6 Å². The van der Waals surface area contributed by atoms with E-state index in [1.165, 1.54) is 7.11 Å². The van der Waals surface area contributed by atoms with Crippen molar-refractivity contribution in [3.63, 3.8) is 0 Å². The van der Waals surface area contributed by atoms with Crippen molar-refractivity contribution in [1.29, 1.82) is 0 Å². The highest BCUT2D eigenvalue weighted by Gasteiger charge is 2.11. The van der Waals surface area contributed by atoms with Gasteiger partial charge in [0.05, 0.1) is 18.4 Å². The number of rotatable bonds is 4. The lowest BCUT2D eigenvalue weighted by molar-refractivity contribution is 0.0601. The Labute approximate surface area is 156 Å². The number of ether oxygens (including phenoxy) is 1. The molecule has 134 valence electrons. The third-order valence-corrected chi connectivity index (χ3v) is 4.37. The average Bonchev–Trinajstić information content (AvgIpc) is 3.05. The summed E-state index contributed by atoms with van der Waals surface area (Å²) in [7, 11) is 3.38. The first-order valence-corrected chi connectivity index (χ1v) is 8.48. The number of nitrogens with zero attached hydrogens (tertiary/aromatic N) is 3. The summed E-state index contributed by atoms with van der Waals surface area (Å²) in [5.41, 5.74) is 4.20. The fraction of sp³-hybridized carbons (Fsp3) is 0.0952.